The molecule has 4 nitrogen and oxygen atoms in total. The minimum absolute atomic E-state index is 0.0290. The molecule has 1 rings (SSSR count). The number of rotatable bonds is 8. The summed E-state index contributed by atoms with van der Waals surface area (Å²) in [6.45, 7) is 8.51. The predicted octanol–water partition coefficient (Wildman–Crippen LogP) is 2.73. The van der Waals surface area contributed by atoms with Crippen LogP contribution in [-0.4, -0.2) is 19.8 Å². The zero-order valence-corrected chi connectivity index (χ0v) is 11.9. The topological polar surface area (TPSA) is 54.3 Å². The molecule has 4 heteroatoms. The molecule has 0 heterocycles. The number of nitrogens with zero attached hydrogens (tertiary/aromatic N) is 1. The van der Waals surface area contributed by atoms with Crippen molar-refractivity contribution >= 4 is 0 Å². The SMILES string of the molecule is CCOc1cccc(CNCC(C)C)c1OCC#N. The van der Waals surface area contributed by atoms with Gasteiger partial charge in [0, 0.05) is 12.1 Å². The van der Waals surface area contributed by atoms with E-state index in [4.69, 9.17) is 14.7 Å². The fourth-order valence-electron chi connectivity index (χ4n) is 1.73. The van der Waals surface area contributed by atoms with Crippen LogP contribution < -0.4 is 14.8 Å². The number of benzene rings is 1. The molecule has 1 N–H and O–H groups in total. The van der Waals surface area contributed by atoms with E-state index in [0.29, 0.717) is 30.6 Å². The molecule has 1 aromatic carbocycles. The van der Waals surface area contributed by atoms with E-state index >= 15 is 0 Å². The molecule has 0 amide bonds. The van der Waals surface area contributed by atoms with Crippen molar-refractivity contribution in [2.75, 3.05) is 19.8 Å². The first-order chi connectivity index (χ1) is 9.19. The summed E-state index contributed by atoms with van der Waals surface area (Å²) in [7, 11) is 0. The summed E-state index contributed by atoms with van der Waals surface area (Å²) in [5.41, 5.74) is 1.02. The second-order valence-corrected chi connectivity index (χ2v) is 4.65. The second-order valence-electron chi connectivity index (χ2n) is 4.65. The molecule has 0 aliphatic carbocycles. The number of nitriles is 1. The molecule has 1 aromatic rings. The van der Waals surface area contributed by atoms with E-state index in [0.717, 1.165) is 12.1 Å². The summed E-state index contributed by atoms with van der Waals surface area (Å²) in [4.78, 5) is 0. The van der Waals surface area contributed by atoms with Crippen molar-refractivity contribution in [3.05, 3.63) is 23.8 Å². The highest BCUT2D eigenvalue weighted by atomic mass is 16.5. The summed E-state index contributed by atoms with van der Waals surface area (Å²) in [5.74, 6) is 1.96. The van der Waals surface area contributed by atoms with Gasteiger partial charge in [-0.3, -0.25) is 0 Å². The van der Waals surface area contributed by atoms with Crippen LogP contribution >= 0.6 is 0 Å². The number of ether oxygens (including phenoxy) is 2. The summed E-state index contributed by atoms with van der Waals surface area (Å²) in [5, 5.41) is 12.0. The lowest BCUT2D eigenvalue weighted by atomic mass is 10.1. The zero-order valence-electron chi connectivity index (χ0n) is 11.9. The molecule has 0 unspecified atom stereocenters. The third-order valence-electron chi connectivity index (χ3n) is 2.51. The Morgan fingerprint density at radius 2 is 2.11 bits per heavy atom. The fraction of sp³-hybridized carbons (Fsp3) is 0.533. The van der Waals surface area contributed by atoms with Gasteiger partial charge in [0.15, 0.2) is 18.1 Å². The Bertz CT molecular complexity index is 425. The first-order valence-electron chi connectivity index (χ1n) is 6.64. The number of hydrogen-bond donors (Lipinski definition) is 1. The van der Waals surface area contributed by atoms with Gasteiger partial charge >= 0.3 is 0 Å². The average molecular weight is 262 g/mol. The van der Waals surface area contributed by atoms with Gasteiger partial charge < -0.3 is 14.8 Å². The Morgan fingerprint density at radius 1 is 1.32 bits per heavy atom. The maximum absolute atomic E-state index is 8.66. The second kappa shape index (κ2) is 8.39. The molecule has 0 saturated carbocycles. The van der Waals surface area contributed by atoms with E-state index in [1.54, 1.807) is 0 Å². The molecule has 0 aliphatic rings. The Labute approximate surface area is 115 Å². The van der Waals surface area contributed by atoms with Crippen molar-refractivity contribution in [2.24, 2.45) is 5.92 Å². The maximum Gasteiger partial charge on any atom is 0.174 e. The quantitative estimate of drug-likeness (QED) is 0.782. The van der Waals surface area contributed by atoms with E-state index in [2.05, 4.69) is 19.2 Å². The van der Waals surface area contributed by atoms with Gasteiger partial charge in [-0.15, -0.1) is 0 Å². The highest BCUT2D eigenvalue weighted by molar-refractivity contribution is 5.46. The van der Waals surface area contributed by atoms with E-state index < -0.39 is 0 Å². The lowest BCUT2D eigenvalue weighted by molar-refractivity contribution is 0.295. The van der Waals surface area contributed by atoms with Gasteiger partial charge in [0.2, 0.25) is 0 Å². The normalized spacial score (nSPS) is 10.3. The first kappa shape index (κ1) is 15.3. The van der Waals surface area contributed by atoms with Crippen molar-refractivity contribution in [3.63, 3.8) is 0 Å². The smallest absolute Gasteiger partial charge is 0.174 e. The van der Waals surface area contributed by atoms with Crippen LogP contribution in [0.1, 0.15) is 26.3 Å². The Balaban J connectivity index is 2.81. The van der Waals surface area contributed by atoms with Crippen LogP contribution in [0.2, 0.25) is 0 Å². The van der Waals surface area contributed by atoms with Crippen LogP contribution in [0.3, 0.4) is 0 Å². The average Bonchev–Trinajstić information content (AvgIpc) is 2.38. The van der Waals surface area contributed by atoms with Crippen LogP contribution in [-0.2, 0) is 6.54 Å². The highest BCUT2D eigenvalue weighted by Gasteiger charge is 2.10. The van der Waals surface area contributed by atoms with Gasteiger partial charge in [-0.25, -0.2) is 0 Å². The minimum Gasteiger partial charge on any atom is -0.490 e. The van der Waals surface area contributed by atoms with Crippen LogP contribution in [0.4, 0.5) is 0 Å². The molecule has 0 aromatic heterocycles. The van der Waals surface area contributed by atoms with Gasteiger partial charge in [0.25, 0.3) is 0 Å². The summed E-state index contributed by atoms with van der Waals surface area (Å²) >= 11 is 0. The minimum atomic E-state index is 0.0290. The van der Waals surface area contributed by atoms with Gasteiger partial charge in [0.05, 0.1) is 6.61 Å². The van der Waals surface area contributed by atoms with Gasteiger partial charge in [-0.1, -0.05) is 26.0 Å². The number of para-hydroxylation sites is 1. The Morgan fingerprint density at radius 3 is 2.74 bits per heavy atom. The molecular weight excluding hydrogens is 240 g/mol. The summed E-state index contributed by atoms with van der Waals surface area (Å²) < 4.78 is 11.0. The maximum atomic E-state index is 8.66. The van der Waals surface area contributed by atoms with Crippen LogP contribution in [0, 0.1) is 17.2 Å². The molecular formula is C15H22N2O2. The predicted molar refractivity (Wildman–Crippen MR) is 75.3 cm³/mol. The molecule has 0 spiro atoms. The number of hydrogen-bond acceptors (Lipinski definition) is 4. The molecule has 0 bridgehead atoms. The molecule has 0 fully saturated rings. The van der Waals surface area contributed by atoms with Gasteiger partial charge in [-0.05, 0) is 25.5 Å². The van der Waals surface area contributed by atoms with Gasteiger partial charge in [0.1, 0.15) is 6.07 Å². The lowest BCUT2D eigenvalue weighted by Gasteiger charge is -2.15. The van der Waals surface area contributed by atoms with E-state index in [-0.39, 0.29) is 6.61 Å². The van der Waals surface area contributed by atoms with Crippen molar-refractivity contribution < 1.29 is 9.47 Å². The van der Waals surface area contributed by atoms with Gasteiger partial charge in [-0.2, -0.15) is 5.26 Å². The van der Waals surface area contributed by atoms with Crippen LogP contribution in [0.25, 0.3) is 0 Å². The standard InChI is InChI=1S/C15H22N2O2/c1-4-18-14-7-5-6-13(11-17-10-12(2)3)15(14)19-9-8-16/h5-7,12,17H,4,9-11H2,1-3H3. The van der Waals surface area contributed by atoms with Crippen molar-refractivity contribution in [1.82, 2.24) is 5.32 Å². The molecule has 0 atom stereocenters. The van der Waals surface area contributed by atoms with Crippen LogP contribution in [0.5, 0.6) is 11.5 Å². The van der Waals surface area contributed by atoms with E-state index in [1.165, 1.54) is 0 Å². The monoisotopic (exact) mass is 262 g/mol. The Kier molecular flexibility index (Phi) is 6.76. The van der Waals surface area contributed by atoms with E-state index in [1.807, 2.05) is 31.2 Å². The third kappa shape index (κ3) is 5.19. The lowest BCUT2D eigenvalue weighted by Crippen LogP contribution is -2.19. The van der Waals surface area contributed by atoms with Crippen molar-refractivity contribution in [3.8, 4) is 17.6 Å². The Hall–Kier alpha value is -1.73. The molecule has 104 valence electrons. The van der Waals surface area contributed by atoms with Crippen molar-refractivity contribution in [2.45, 2.75) is 27.3 Å². The molecule has 19 heavy (non-hydrogen) atoms. The highest BCUT2D eigenvalue weighted by Crippen LogP contribution is 2.31. The molecule has 0 radical (unpaired) electrons. The first-order valence-corrected chi connectivity index (χ1v) is 6.64. The zero-order chi connectivity index (χ0) is 14.1. The molecule has 0 saturated heterocycles. The summed E-state index contributed by atoms with van der Waals surface area (Å²) in [6, 6.07) is 7.78. The number of nitrogens with one attached hydrogen (secondary N) is 1. The van der Waals surface area contributed by atoms with Crippen LogP contribution in [0.15, 0.2) is 18.2 Å². The third-order valence-corrected chi connectivity index (χ3v) is 2.51. The fourth-order valence-corrected chi connectivity index (χ4v) is 1.73. The van der Waals surface area contributed by atoms with E-state index in [9.17, 15) is 0 Å². The summed E-state index contributed by atoms with van der Waals surface area (Å²) in [6.07, 6.45) is 0. The molecule has 0 aliphatic heterocycles. The van der Waals surface area contributed by atoms with Crippen molar-refractivity contribution in [1.29, 1.82) is 5.26 Å². The largest absolute Gasteiger partial charge is 0.490 e.